The SMILES string of the molecule is CC[Si](CC)(CC)O[C@@H]1C(=O)N(C(=O)OC(C)C)[C@@H]1c1ccco1. The van der Waals surface area contributed by atoms with Gasteiger partial charge in [0.1, 0.15) is 11.8 Å². The third-order valence-corrected chi connectivity index (χ3v) is 9.34. The summed E-state index contributed by atoms with van der Waals surface area (Å²) in [6.07, 6.45) is -0.0704. The molecule has 7 heteroatoms. The molecular formula is C17H27NO5Si. The van der Waals surface area contributed by atoms with Gasteiger partial charge >= 0.3 is 6.09 Å². The van der Waals surface area contributed by atoms with Crippen molar-refractivity contribution < 1.29 is 23.2 Å². The molecule has 0 bridgehead atoms. The molecule has 0 radical (unpaired) electrons. The van der Waals surface area contributed by atoms with Crippen LogP contribution in [-0.4, -0.2) is 37.4 Å². The summed E-state index contributed by atoms with van der Waals surface area (Å²) in [5, 5.41) is 0. The molecule has 6 nitrogen and oxygen atoms in total. The summed E-state index contributed by atoms with van der Waals surface area (Å²) < 4.78 is 17.0. The van der Waals surface area contributed by atoms with E-state index in [9.17, 15) is 9.59 Å². The lowest BCUT2D eigenvalue weighted by Crippen LogP contribution is -2.64. The molecule has 134 valence electrons. The molecule has 0 saturated carbocycles. The molecule has 1 aromatic heterocycles. The van der Waals surface area contributed by atoms with Crippen molar-refractivity contribution in [3.05, 3.63) is 24.2 Å². The monoisotopic (exact) mass is 353 g/mol. The van der Waals surface area contributed by atoms with E-state index in [1.54, 1.807) is 26.0 Å². The van der Waals surface area contributed by atoms with Crippen molar-refractivity contribution in [2.45, 2.75) is 71.0 Å². The lowest BCUT2D eigenvalue weighted by atomic mass is 9.96. The smallest absolute Gasteiger partial charge is 0.417 e. The molecule has 0 aliphatic carbocycles. The second-order valence-corrected chi connectivity index (χ2v) is 11.1. The number of hydrogen-bond acceptors (Lipinski definition) is 5. The van der Waals surface area contributed by atoms with Crippen LogP contribution in [0.5, 0.6) is 0 Å². The number of ether oxygens (including phenoxy) is 1. The molecule has 0 unspecified atom stereocenters. The Morgan fingerprint density at radius 2 is 1.92 bits per heavy atom. The number of furan rings is 1. The Morgan fingerprint density at radius 1 is 1.29 bits per heavy atom. The Labute approximate surface area is 144 Å². The average molecular weight is 353 g/mol. The fourth-order valence-corrected chi connectivity index (χ4v) is 5.81. The Balaban J connectivity index is 2.25. The number of carbonyl (C=O) groups excluding carboxylic acids is 2. The van der Waals surface area contributed by atoms with Crippen molar-refractivity contribution in [1.82, 2.24) is 4.90 Å². The van der Waals surface area contributed by atoms with E-state index >= 15 is 0 Å². The topological polar surface area (TPSA) is 69.0 Å². The lowest BCUT2D eigenvalue weighted by Gasteiger charge is -2.47. The van der Waals surface area contributed by atoms with Crippen molar-refractivity contribution in [3.63, 3.8) is 0 Å². The summed E-state index contributed by atoms with van der Waals surface area (Å²) in [5.41, 5.74) is 0. The number of hydrogen-bond donors (Lipinski definition) is 0. The van der Waals surface area contributed by atoms with E-state index in [2.05, 4.69) is 20.8 Å². The van der Waals surface area contributed by atoms with Gasteiger partial charge in [0.15, 0.2) is 14.4 Å². The van der Waals surface area contributed by atoms with Gasteiger partial charge in [0.2, 0.25) is 0 Å². The van der Waals surface area contributed by atoms with E-state index in [0.29, 0.717) is 5.76 Å². The Kier molecular flexibility index (Phi) is 5.87. The maximum atomic E-state index is 12.6. The predicted molar refractivity (Wildman–Crippen MR) is 92.0 cm³/mol. The van der Waals surface area contributed by atoms with Crippen LogP contribution in [0.1, 0.15) is 46.4 Å². The average Bonchev–Trinajstić information content (AvgIpc) is 3.06. The van der Waals surface area contributed by atoms with Gasteiger partial charge in [-0.1, -0.05) is 20.8 Å². The van der Waals surface area contributed by atoms with E-state index in [-0.39, 0.29) is 12.0 Å². The van der Waals surface area contributed by atoms with Gasteiger partial charge in [-0.3, -0.25) is 4.79 Å². The van der Waals surface area contributed by atoms with Crippen LogP contribution in [0.2, 0.25) is 18.1 Å². The molecule has 1 fully saturated rings. The standard InChI is InChI=1S/C17H27NO5Si/c1-6-24(7-2,8-3)23-15-14(13-10-9-11-21-13)18(16(15)19)17(20)22-12(4)5/h9-12,14-15H,6-8H2,1-5H3/t14-,15+/m1/s1. The highest BCUT2D eigenvalue weighted by atomic mass is 28.4. The van der Waals surface area contributed by atoms with Gasteiger partial charge in [0.05, 0.1) is 12.4 Å². The highest BCUT2D eigenvalue weighted by Gasteiger charge is 2.56. The van der Waals surface area contributed by atoms with Gasteiger partial charge in [0, 0.05) is 0 Å². The third-order valence-electron chi connectivity index (χ3n) is 4.72. The van der Waals surface area contributed by atoms with Crippen molar-refractivity contribution in [1.29, 1.82) is 0 Å². The van der Waals surface area contributed by atoms with Crippen LogP contribution >= 0.6 is 0 Å². The molecule has 1 aromatic rings. The van der Waals surface area contributed by atoms with Crippen LogP contribution in [0.3, 0.4) is 0 Å². The number of nitrogens with zero attached hydrogens (tertiary/aromatic N) is 1. The second-order valence-electron chi connectivity index (χ2n) is 6.38. The first kappa shape index (κ1) is 18.7. The largest absolute Gasteiger partial charge is 0.467 e. The Bertz CT molecular complexity index is 559. The summed E-state index contributed by atoms with van der Waals surface area (Å²) in [5.74, 6) is 0.209. The number of imide groups is 1. The summed E-state index contributed by atoms with van der Waals surface area (Å²) >= 11 is 0. The molecule has 1 aliphatic rings. The van der Waals surface area contributed by atoms with Crippen molar-refractivity contribution >= 4 is 20.3 Å². The quantitative estimate of drug-likeness (QED) is 0.545. The molecule has 1 aliphatic heterocycles. The van der Waals surface area contributed by atoms with Gasteiger partial charge in [0.25, 0.3) is 5.91 Å². The summed E-state index contributed by atoms with van der Waals surface area (Å²) in [4.78, 5) is 26.0. The minimum absolute atomic E-state index is 0.294. The van der Waals surface area contributed by atoms with Gasteiger partial charge in [-0.2, -0.15) is 0 Å². The third kappa shape index (κ3) is 3.42. The molecule has 1 saturated heterocycles. The van der Waals surface area contributed by atoms with Crippen LogP contribution in [0.15, 0.2) is 22.8 Å². The van der Waals surface area contributed by atoms with Crippen molar-refractivity contribution in [2.24, 2.45) is 0 Å². The minimum atomic E-state index is -1.98. The number of amides is 2. The van der Waals surface area contributed by atoms with Crippen molar-refractivity contribution in [3.8, 4) is 0 Å². The van der Waals surface area contributed by atoms with E-state index < -0.39 is 26.6 Å². The molecule has 0 spiro atoms. The molecule has 2 heterocycles. The summed E-state index contributed by atoms with van der Waals surface area (Å²) in [7, 11) is -1.98. The number of likely N-dealkylation sites (tertiary alicyclic amines) is 1. The second kappa shape index (κ2) is 7.52. The number of carbonyl (C=O) groups is 2. The highest BCUT2D eigenvalue weighted by molar-refractivity contribution is 6.73. The first-order chi connectivity index (χ1) is 11.4. The van der Waals surface area contributed by atoms with Gasteiger partial charge in [-0.05, 0) is 44.1 Å². The van der Waals surface area contributed by atoms with Gasteiger partial charge in [-0.15, -0.1) is 0 Å². The summed E-state index contributed by atoms with van der Waals surface area (Å²) in [6, 6.07) is 5.76. The number of rotatable bonds is 7. The van der Waals surface area contributed by atoms with Gasteiger partial charge < -0.3 is 13.6 Å². The van der Waals surface area contributed by atoms with E-state index in [1.165, 1.54) is 6.26 Å². The van der Waals surface area contributed by atoms with Crippen LogP contribution < -0.4 is 0 Å². The van der Waals surface area contributed by atoms with Gasteiger partial charge in [-0.25, -0.2) is 9.69 Å². The molecule has 2 rings (SSSR count). The zero-order valence-corrected chi connectivity index (χ0v) is 16.1. The maximum absolute atomic E-state index is 12.6. The molecule has 0 aromatic carbocycles. The molecular weight excluding hydrogens is 326 g/mol. The normalized spacial score (nSPS) is 21.1. The fraction of sp³-hybridized carbons (Fsp3) is 0.647. The molecule has 2 amide bonds. The fourth-order valence-electron chi connectivity index (χ4n) is 3.04. The Morgan fingerprint density at radius 3 is 2.38 bits per heavy atom. The predicted octanol–water partition coefficient (Wildman–Crippen LogP) is 4.10. The van der Waals surface area contributed by atoms with Crippen LogP contribution in [0, 0.1) is 0 Å². The van der Waals surface area contributed by atoms with E-state index in [4.69, 9.17) is 13.6 Å². The molecule has 24 heavy (non-hydrogen) atoms. The lowest BCUT2D eigenvalue weighted by molar-refractivity contribution is -0.162. The van der Waals surface area contributed by atoms with E-state index in [0.717, 1.165) is 23.0 Å². The zero-order chi connectivity index (χ0) is 17.9. The Hall–Kier alpha value is -1.60. The van der Waals surface area contributed by atoms with Crippen LogP contribution in [-0.2, 0) is 14.0 Å². The van der Waals surface area contributed by atoms with Crippen LogP contribution in [0.25, 0.3) is 0 Å². The van der Waals surface area contributed by atoms with Crippen LogP contribution in [0.4, 0.5) is 4.79 Å². The zero-order valence-electron chi connectivity index (χ0n) is 15.1. The summed E-state index contributed by atoms with van der Waals surface area (Å²) in [6.45, 7) is 9.82. The molecule has 0 N–H and O–H groups in total. The maximum Gasteiger partial charge on any atom is 0.417 e. The first-order valence-electron chi connectivity index (χ1n) is 8.64. The van der Waals surface area contributed by atoms with E-state index in [1.807, 2.05) is 0 Å². The number of β-lactam (4-membered cyclic amide) rings is 1. The highest BCUT2D eigenvalue weighted by Crippen LogP contribution is 2.41. The molecule has 2 atom stereocenters. The first-order valence-corrected chi connectivity index (χ1v) is 11.2. The van der Waals surface area contributed by atoms with Crippen molar-refractivity contribution in [2.75, 3.05) is 0 Å². The minimum Gasteiger partial charge on any atom is -0.467 e.